The minimum absolute atomic E-state index is 0.0708. The molecule has 39 heavy (non-hydrogen) atoms. The summed E-state index contributed by atoms with van der Waals surface area (Å²) in [7, 11) is 2.99. The Kier molecular flexibility index (Phi) is 6.11. The highest BCUT2D eigenvalue weighted by atomic mass is 16.7. The Bertz CT molecular complexity index is 1470. The predicted molar refractivity (Wildman–Crippen MR) is 140 cm³/mol. The zero-order chi connectivity index (χ0) is 27.3. The second kappa shape index (κ2) is 9.63. The van der Waals surface area contributed by atoms with E-state index >= 15 is 0 Å². The molecule has 0 fully saturated rings. The number of hydrazone groups is 1. The Morgan fingerprint density at radius 3 is 2.49 bits per heavy atom. The van der Waals surface area contributed by atoms with Crippen LogP contribution in [0.15, 0.2) is 53.6 Å². The SMILES string of the molecule is COc1cc([C@@H]2c3cc4c(cc3C3=NN(c5ccc(C=O)cc5)C[C@H]3[C@@H]2C(=O)O)OCO4)cc(CO)c1OC. The summed E-state index contributed by atoms with van der Waals surface area (Å²) in [4.78, 5) is 24.1. The second-order valence-corrected chi connectivity index (χ2v) is 9.59. The Morgan fingerprint density at radius 2 is 1.85 bits per heavy atom. The summed E-state index contributed by atoms with van der Waals surface area (Å²) in [6, 6.07) is 14.2. The molecule has 1 aliphatic carbocycles. The third kappa shape index (κ3) is 3.95. The number of aliphatic carboxylic acids is 1. The van der Waals surface area contributed by atoms with Crippen molar-refractivity contribution in [1.29, 1.82) is 0 Å². The van der Waals surface area contributed by atoms with Crippen molar-refractivity contribution in [2.24, 2.45) is 16.9 Å². The molecule has 0 amide bonds. The minimum atomic E-state index is -0.973. The van der Waals surface area contributed by atoms with E-state index in [1.165, 1.54) is 14.2 Å². The molecule has 0 radical (unpaired) electrons. The van der Waals surface area contributed by atoms with E-state index in [0.717, 1.165) is 23.1 Å². The number of hydrogen-bond acceptors (Lipinski definition) is 9. The lowest BCUT2D eigenvalue weighted by Gasteiger charge is -2.36. The van der Waals surface area contributed by atoms with Crippen molar-refractivity contribution in [1.82, 2.24) is 0 Å². The number of nitrogens with zero attached hydrogens (tertiary/aromatic N) is 2. The average Bonchev–Trinajstić information content (AvgIpc) is 3.61. The zero-order valence-corrected chi connectivity index (χ0v) is 21.3. The van der Waals surface area contributed by atoms with Gasteiger partial charge < -0.3 is 29.2 Å². The monoisotopic (exact) mass is 530 g/mol. The number of hydrogen-bond donors (Lipinski definition) is 2. The molecule has 0 saturated heterocycles. The van der Waals surface area contributed by atoms with Gasteiger partial charge in [0.2, 0.25) is 6.79 Å². The van der Waals surface area contributed by atoms with Crippen LogP contribution in [0.3, 0.4) is 0 Å². The number of carboxylic acid groups (broad SMARTS) is 1. The number of methoxy groups -OCH3 is 2. The van der Waals surface area contributed by atoms with Crippen molar-refractivity contribution in [3.63, 3.8) is 0 Å². The second-order valence-electron chi connectivity index (χ2n) is 9.59. The molecule has 2 heterocycles. The van der Waals surface area contributed by atoms with Crippen LogP contribution in [0.2, 0.25) is 0 Å². The Hall–Kier alpha value is -4.57. The molecule has 2 aliphatic heterocycles. The van der Waals surface area contributed by atoms with Gasteiger partial charge in [0.15, 0.2) is 23.0 Å². The molecular formula is C29H26N2O8. The number of carbonyl (C=O) groups excluding carboxylic acids is 1. The lowest BCUT2D eigenvalue weighted by atomic mass is 9.65. The van der Waals surface area contributed by atoms with Gasteiger partial charge in [-0.3, -0.25) is 14.6 Å². The summed E-state index contributed by atoms with van der Waals surface area (Å²) in [5, 5.41) is 27.4. The number of rotatable bonds is 7. The first kappa shape index (κ1) is 24.7. The first-order valence-corrected chi connectivity index (χ1v) is 12.4. The van der Waals surface area contributed by atoms with E-state index in [0.29, 0.717) is 51.9 Å². The molecule has 10 heteroatoms. The van der Waals surface area contributed by atoms with Crippen molar-refractivity contribution in [3.05, 3.63) is 76.3 Å². The van der Waals surface area contributed by atoms with E-state index in [2.05, 4.69) is 0 Å². The summed E-state index contributed by atoms with van der Waals surface area (Å²) in [5.41, 5.74) is 4.60. The molecule has 3 aromatic carbocycles. The first-order chi connectivity index (χ1) is 19.0. The molecule has 3 aliphatic rings. The maximum Gasteiger partial charge on any atom is 0.308 e. The normalized spacial score (nSPS) is 20.6. The van der Waals surface area contributed by atoms with E-state index in [1.807, 2.05) is 12.1 Å². The molecule has 2 N–H and O–H groups in total. The summed E-state index contributed by atoms with van der Waals surface area (Å²) < 4.78 is 22.4. The predicted octanol–water partition coefficient (Wildman–Crippen LogP) is 3.42. The van der Waals surface area contributed by atoms with Crippen molar-refractivity contribution in [2.45, 2.75) is 12.5 Å². The topological polar surface area (TPSA) is 127 Å². The van der Waals surface area contributed by atoms with Gasteiger partial charge in [-0.1, -0.05) is 0 Å². The van der Waals surface area contributed by atoms with Crippen LogP contribution in [-0.4, -0.2) is 55.7 Å². The van der Waals surface area contributed by atoms with Crippen molar-refractivity contribution in [2.75, 3.05) is 32.6 Å². The van der Waals surface area contributed by atoms with E-state index in [-0.39, 0.29) is 13.4 Å². The summed E-state index contributed by atoms with van der Waals surface area (Å²) in [6.07, 6.45) is 0.771. The summed E-state index contributed by atoms with van der Waals surface area (Å²) in [5.74, 6) is -1.04. The van der Waals surface area contributed by atoms with Crippen LogP contribution in [0.4, 0.5) is 5.69 Å². The number of aliphatic hydroxyl groups is 1. The largest absolute Gasteiger partial charge is 0.493 e. The van der Waals surface area contributed by atoms with Crippen molar-refractivity contribution in [3.8, 4) is 23.0 Å². The van der Waals surface area contributed by atoms with Gasteiger partial charge >= 0.3 is 5.97 Å². The number of fused-ring (bicyclic) bond motifs is 4. The maximum absolute atomic E-state index is 13.0. The molecule has 200 valence electrons. The highest BCUT2D eigenvalue weighted by Crippen LogP contribution is 2.51. The molecule has 0 unspecified atom stereocenters. The Labute approximate surface area is 224 Å². The van der Waals surface area contributed by atoms with Gasteiger partial charge in [-0.2, -0.15) is 5.10 Å². The third-order valence-corrected chi connectivity index (χ3v) is 7.62. The van der Waals surface area contributed by atoms with Gasteiger partial charge in [-0.25, -0.2) is 0 Å². The van der Waals surface area contributed by atoms with Crippen molar-refractivity contribution >= 4 is 23.7 Å². The number of carbonyl (C=O) groups is 2. The van der Waals surface area contributed by atoms with E-state index in [9.17, 15) is 19.8 Å². The lowest BCUT2D eigenvalue weighted by Crippen LogP contribution is -2.41. The third-order valence-electron chi connectivity index (χ3n) is 7.62. The van der Waals surface area contributed by atoms with E-state index in [1.54, 1.807) is 41.4 Å². The Balaban J connectivity index is 1.54. The van der Waals surface area contributed by atoms with Crippen LogP contribution in [0.25, 0.3) is 0 Å². The average molecular weight is 531 g/mol. The zero-order valence-electron chi connectivity index (χ0n) is 21.3. The fraction of sp³-hybridized carbons (Fsp3) is 0.276. The van der Waals surface area contributed by atoms with Crippen LogP contribution < -0.4 is 24.0 Å². The van der Waals surface area contributed by atoms with Gasteiger partial charge in [0, 0.05) is 28.5 Å². The highest BCUT2D eigenvalue weighted by Gasteiger charge is 2.49. The quantitative estimate of drug-likeness (QED) is 0.442. The molecule has 10 nitrogen and oxygen atoms in total. The van der Waals surface area contributed by atoms with Crippen molar-refractivity contribution < 1.29 is 38.7 Å². The number of anilines is 1. The van der Waals surface area contributed by atoms with Crippen LogP contribution in [0, 0.1) is 11.8 Å². The molecule has 6 rings (SSSR count). The number of ether oxygens (including phenoxy) is 4. The number of benzene rings is 3. The molecule has 0 spiro atoms. The van der Waals surface area contributed by atoms with Crippen LogP contribution in [-0.2, 0) is 11.4 Å². The number of carboxylic acids is 1. The molecule has 0 aromatic heterocycles. The molecule has 0 saturated carbocycles. The number of aldehydes is 1. The lowest BCUT2D eigenvalue weighted by molar-refractivity contribution is -0.143. The first-order valence-electron chi connectivity index (χ1n) is 12.4. The standard InChI is InChI=1S/C29H26N2O8/c1-36-24-8-16(7-17(13-33)28(24)37-2)25-19-9-22-23(39-14-38-22)10-20(19)27-21(26(25)29(34)35)11-31(30-27)18-5-3-15(12-32)4-6-18/h3-10,12,21,25-26,33H,11,13-14H2,1-2H3,(H,34,35)/t21-,25+,26-/m0/s1. The van der Waals surface area contributed by atoms with Gasteiger partial charge in [0.25, 0.3) is 0 Å². The fourth-order valence-corrected chi connectivity index (χ4v) is 5.87. The summed E-state index contributed by atoms with van der Waals surface area (Å²) in [6.45, 7) is 0.0885. The van der Waals surface area contributed by atoms with Gasteiger partial charge in [-0.05, 0) is 59.7 Å². The van der Waals surface area contributed by atoms with Gasteiger partial charge in [0.1, 0.15) is 6.29 Å². The van der Waals surface area contributed by atoms with Gasteiger partial charge in [-0.15, -0.1) is 0 Å². The van der Waals surface area contributed by atoms with Crippen LogP contribution in [0.1, 0.15) is 38.5 Å². The molecule has 0 bridgehead atoms. The van der Waals surface area contributed by atoms with E-state index < -0.39 is 23.7 Å². The number of aliphatic hydroxyl groups excluding tert-OH is 1. The fourth-order valence-electron chi connectivity index (χ4n) is 5.87. The molecule has 3 atom stereocenters. The van der Waals surface area contributed by atoms with Crippen LogP contribution in [0.5, 0.6) is 23.0 Å². The highest BCUT2D eigenvalue weighted by molar-refractivity contribution is 6.09. The smallest absolute Gasteiger partial charge is 0.308 e. The van der Waals surface area contributed by atoms with E-state index in [4.69, 9.17) is 24.0 Å². The summed E-state index contributed by atoms with van der Waals surface area (Å²) >= 11 is 0. The molecular weight excluding hydrogens is 504 g/mol. The van der Waals surface area contributed by atoms with Crippen LogP contribution >= 0.6 is 0 Å². The Morgan fingerprint density at radius 1 is 1.10 bits per heavy atom. The maximum atomic E-state index is 13.0. The minimum Gasteiger partial charge on any atom is -0.493 e. The molecule has 3 aromatic rings. The van der Waals surface area contributed by atoms with Gasteiger partial charge in [0.05, 0.1) is 44.7 Å².